The van der Waals surface area contributed by atoms with Crippen molar-refractivity contribution >= 4 is 0 Å². The number of benzene rings is 2. The first-order valence-corrected chi connectivity index (χ1v) is 5.84. The fourth-order valence-corrected chi connectivity index (χ4v) is 1.75. The van der Waals surface area contributed by atoms with Crippen molar-refractivity contribution in [1.82, 2.24) is 0 Å². The SMILES string of the molecule is N#Cc1ccc(F)cc1COc1cc(F)cc(CO)c1. The topological polar surface area (TPSA) is 53.2 Å². The minimum atomic E-state index is -0.536. The van der Waals surface area contributed by atoms with Gasteiger partial charge in [0.1, 0.15) is 24.0 Å². The van der Waals surface area contributed by atoms with Crippen molar-refractivity contribution in [2.24, 2.45) is 0 Å². The van der Waals surface area contributed by atoms with Crippen LogP contribution in [0.15, 0.2) is 36.4 Å². The summed E-state index contributed by atoms with van der Waals surface area (Å²) in [4.78, 5) is 0. The molecule has 2 rings (SSSR count). The Hall–Kier alpha value is -2.45. The van der Waals surface area contributed by atoms with Gasteiger partial charge in [-0.15, -0.1) is 0 Å². The van der Waals surface area contributed by atoms with E-state index in [1.165, 1.54) is 30.3 Å². The number of ether oxygens (including phenoxy) is 1. The molecule has 0 saturated carbocycles. The molecule has 20 heavy (non-hydrogen) atoms. The molecule has 0 aliphatic heterocycles. The highest BCUT2D eigenvalue weighted by Crippen LogP contribution is 2.19. The van der Waals surface area contributed by atoms with Crippen LogP contribution < -0.4 is 4.74 Å². The van der Waals surface area contributed by atoms with E-state index < -0.39 is 11.6 Å². The third-order valence-corrected chi connectivity index (χ3v) is 2.70. The molecular formula is C15H11F2NO2. The second-order valence-electron chi connectivity index (χ2n) is 4.16. The molecule has 2 aromatic rings. The van der Waals surface area contributed by atoms with E-state index in [2.05, 4.69) is 0 Å². The van der Waals surface area contributed by atoms with Gasteiger partial charge < -0.3 is 9.84 Å². The molecule has 0 aliphatic carbocycles. The van der Waals surface area contributed by atoms with Crippen LogP contribution in [-0.2, 0) is 13.2 Å². The van der Waals surface area contributed by atoms with E-state index in [0.29, 0.717) is 16.7 Å². The molecule has 0 aliphatic rings. The lowest BCUT2D eigenvalue weighted by Crippen LogP contribution is -2.00. The highest BCUT2D eigenvalue weighted by molar-refractivity contribution is 5.38. The monoisotopic (exact) mass is 275 g/mol. The van der Waals surface area contributed by atoms with E-state index in [-0.39, 0.29) is 19.0 Å². The summed E-state index contributed by atoms with van der Waals surface area (Å²) in [6, 6.07) is 9.51. The summed E-state index contributed by atoms with van der Waals surface area (Å²) in [5, 5.41) is 17.9. The van der Waals surface area contributed by atoms with Crippen LogP contribution >= 0.6 is 0 Å². The van der Waals surface area contributed by atoms with E-state index >= 15 is 0 Å². The van der Waals surface area contributed by atoms with Crippen molar-refractivity contribution in [3.05, 3.63) is 64.7 Å². The molecule has 0 aromatic heterocycles. The fourth-order valence-electron chi connectivity index (χ4n) is 1.75. The lowest BCUT2D eigenvalue weighted by molar-refractivity contribution is 0.276. The molecule has 0 amide bonds. The molecule has 0 fully saturated rings. The van der Waals surface area contributed by atoms with Gasteiger partial charge in [-0.2, -0.15) is 5.26 Å². The second kappa shape index (κ2) is 6.13. The molecule has 0 saturated heterocycles. The van der Waals surface area contributed by atoms with E-state index in [9.17, 15) is 8.78 Å². The molecule has 3 nitrogen and oxygen atoms in total. The Bertz CT molecular complexity index is 665. The van der Waals surface area contributed by atoms with Crippen LogP contribution in [0.4, 0.5) is 8.78 Å². The standard InChI is InChI=1S/C15H11F2NO2/c16-13-2-1-11(7-18)12(5-13)9-20-15-4-10(8-19)3-14(17)6-15/h1-6,19H,8-9H2. The van der Waals surface area contributed by atoms with Gasteiger partial charge in [0, 0.05) is 11.6 Å². The first kappa shape index (κ1) is 14.0. The van der Waals surface area contributed by atoms with Crippen LogP contribution in [0.25, 0.3) is 0 Å². The van der Waals surface area contributed by atoms with E-state index in [0.717, 1.165) is 6.07 Å². The van der Waals surface area contributed by atoms with Crippen molar-refractivity contribution in [3.63, 3.8) is 0 Å². The molecule has 0 bridgehead atoms. The molecule has 1 N–H and O–H groups in total. The number of nitrogens with zero attached hydrogens (tertiary/aromatic N) is 1. The third kappa shape index (κ3) is 3.31. The number of aliphatic hydroxyl groups excluding tert-OH is 1. The van der Waals surface area contributed by atoms with Gasteiger partial charge in [-0.1, -0.05) is 0 Å². The van der Waals surface area contributed by atoms with Gasteiger partial charge in [0.25, 0.3) is 0 Å². The number of rotatable bonds is 4. The lowest BCUT2D eigenvalue weighted by Gasteiger charge is -2.09. The molecule has 0 spiro atoms. The van der Waals surface area contributed by atoms with Gasteiger partial charge in [0.05, 0.1) is 18.2 Å². The summed E-state index contributed by atoms with van der Waals surface area (Å²) < 4.78 is 31.7. The van der Waals surface area contributed by atoms with Crippen molar-refractivity contribution in [3.8, 4) is 11.8 Å². The smallest absolute Gasteiger partial charge is 0.127 e. The average molecular weight is 275 g/mol. The predicted molar refractivity (Wildman–Crippen MR) is 67.8 cm³/mol. The molecular weight excluding hydrogens is 264 g/mol. The maximum Gasteiger partial charge on any atom is 0.127 e. The van der Waals surface area contributed by atoms with Gasteiger partial charge in [-0.05, 0) is 35.9 Å². The van der Waals surface area contributed by atoms with Crippen LogP contribution in [0.2, 0.25) is 0 Å². The minimum Gasteiger partial charge on any atom is -0.489 e. The van der Waals surface area contributed by atoms with E-state index in [4.69, 9.17) is 15.1 Å². The summed E-state index contributed by atoms with van der Waals surface area (Å²) >= 11 is 0. The Morgan fingerprint density at radius 3 is 2.60 bits per heavy atom. The Labute approximate surface area is 114 Å². The molecule has 102 valence electrons. The Morgan fingerprint density at radius 2 is 1.90 bits per heavy atom. The fraction of sp³-hybridized carbons (Fsp3) is 0.133. The van der Waals surface area contributed by atoms with Gasteiger partial charge >= 0.3 is 0 Å². The van der Waals surface area contributed by atoms with Crippen LogP contribution in [0.3, 0.4) is 0 Å². The number of hydrogen-bond acceptors (Lipinski definition) is 3. The molecule has 0 radical (unpaired) electrons. The van der Waals surface area contributed by atoms with E-state index in [1.54, 1.807) is 0 Å². The maximum absolute atomic E-state index is 13.2. The van der Waals surface area contributed by atoms with Gasteiger partial charge in [0.15, 0.2) is 0 Å². The molecule has 2 aromatic carbocycles. The number of nitriles is 1. The zero-order valence-electron chi connectivity index (χ0n) is 10.4. The quantitative estimate of drug-likeness (QED) is 0.933. The summed E-state index contributed by atoms with van der Waals surface area (Å²) in [6.45, 7) is -0.369. The zero-order valence-corrected chi connectivity index (χ0v) is 10.4. The largest absolute Gasteiger partial charge is 0.489 e. The second-order valence-corrected chi connectivity index (χ2v) is 4.16. The summed E-state index contributed by atoms with van der Waals surface area (Å²) in [5.74, 6) is -0.800. The maximum atomic E-state index is 13.2. The number of aliphatic hydroxyl groups is 1. The first-order valence-electron chi connectivity index (χ1n) is 5.84. The average Bonchev–Trinajstić information content (AvgIpc) is 2.44. The highest BCUT2D eigenvalue weighted by Gasteiger charge is 2.06. The first-order chi connectivity index (χ1) is 9.62. The Morgan fingerprint density at radius 1 is 1.10 bits per heavy atom. The van der Waals surface area contributed by atoms with Crippen LogP contribution in [0.5, 0.6) is 5.75 Å². The van der Waals surface area contributed by atoms with Crippen molar-refractivity contribution in [2.75, 3.05) is 0 Å². The van der Waals surface area contributed by atoms with Crippen molar-refractivity contribution < 1.29 is 18.6 Å². The molecule has 0 atom stereocenters. The number of hydrogen-bond donors (Lipinski definition) is 1. The third-order valence-electron chi connectivity index (χ3n) is 2.70. The number of halogens is 2. The Kier molecular flexibility index (Phi) is 4.28. The van der Waals surface area contributed by atoms with Gasteiger partial charge in [-0.25, -0.2) is 8.78 Å². The van der Waals surface area contributed by atoms with Crippen molar-refractivity contribution in [2.45, 2.75) is 13.2 Å². The molecule has 5 heteroatoms. The Balaban J connectivity index is 2.19. The van der Waals surface area contributed by atoms with Crippen molar-refractivity contribution in [1.29, 1.82) is 5.26 Å². The van der Waals surface area contributed by atoms with Crippen LogP contribution in [-0.4, -0.2) is 5.11 Å². The highest BCUT2D eigenvalue weighted by atomic mass is 19.1. The molecule has 0 unspecified atom stereocenters. The van der Waals surface area contributed by atoms with Gasteiger partial charge in [0.2, 0.25) is 0 Å². The van der Waals surface area contributed by atoms with E-state index in [1.807, 2.05) is 6.07 Å². The summed E-state index contributed by atoms with van der Waals surface area (Å²) in [5.41, 5.74) is 1.05. The summed E-state index contributed by atoms with van der Waals surface area (Å²) in [6.07, 6.45) is 0. The van der Waals surface area contributed by atoms with Gasteiger partial charge in [-0.3, -0.25) is 0 Å². The normalized spacial score (nSPS) is 10.1. The summed E-state index contributed by atoms with van der Waals surface area (Å²) in [7, 11) is 0. The zero-order chi connectivity index (χ0) is 14.5. The molecule has 0 heterocycles. The lowest BCUT2D eigenvalue weighted by atomic mass is 10.1. The van der Waals surface area contributed by atoms with Crippen LogP contribution in [0.1, 0.15) is 16.7 Å². The minimum absolute atomic E-state index is 0.0605. The van der Waals surface area contributed by atoms with Crippen LogP contribution in [0, 0.1) is 23.0 Å². The predicted octanol–water partition coefficient (Wildman–Crippen LogP) is 2.91.